The van der Waals surface area contributed by atoms with Gasteiger partial charge in [0, 0.05) is 11.1 Å². The molecule has 3 aromatic rings. The maximum Gasteiger partial charge on any atom is 0.339 e. The van der Waals surface area contributed by atoms with Gasteiger partial charge in [0.05, 0.1) is 31.2 Å². The number of sulfonamides is 1. The highest BCUT2D eigenvalue weighted by Gasteiger charge is 2.32. The zero-order valence-corrected chi connectivity index (χ0v) is 18.7. The Morgan fingerprint density at radius 3 is 2.36 bits per heavy atom. The second-order valence-corrected chi connectivity index (χ2v) is 9.30. The van der Waals surface area contributed by atoms with E-state index < -0.39 is 27.8 Å². The summed E-state index contributed by atoms with van der Waals surface area (Å²) >= 11 is 0. The molecular formula is C24H20N2O6S. The first-order valence-electron chi connectivity index (χ1n) is 9.92. The van der Waals surface area contributed by atoms with Gasteiger partial charge in [-0.05, 0) is 41.0 Å². The van der Waals surface area contributed by atoms with E-state index in [-0.39, 0.29) is 23.2 Å². The molecule has 0 unspecified atom stereocenters. The molecule has 0 saturated carbocycles. The first-order chi connectivity index (χ1) is 15.7. The van der Waals surface area contributed by atoms with E-state index in [9.17, 15) is 22.8 Å². The van der Waals surface area contributed by atoms with Crippen molar-refractivity contribution in [3.8, 4) is 11.1 Å². The number of hydrogen-bond acceptors (Lipinski definition) is 6. The Morgan fingerprint density at radius 1 is 0.970 bits per heavy atom. The van der Waals surface area contributed by atoms with Crippen LogP contribution in [0.4, 0.5) is 5.69 Å². The number of fused-ring (bicyclic) bond motifs is 1. The molecule has 168 valence electrons. The second kappa shape index (κ2) is 8.51. The van der Waals surface area contributed by atoms with Gasteiger partial charge in [0.2, 0.25) is 10.0 Å². The number of anilines is 1. The molecule has 0 aliphatic carbocycles. The van der Waals surface area contributed by atoms with Crippen LogP contribution in [-0.4, -0.2) is 39.6 Å². The molecule has 3 aromatic carbocycles. The number of carbonyl (C=O) groups is 3. The predicted octanol–water partition coefficient (Wildman–Crippen LogP) is 2.99. The molecule has 9 heteroatoms. The number of ether oxygens (including phenoxy) is 1. The van der Waals surface area contributed by atoms with E-state index in [1.54, 1.807) is 24.3 Å². The van der Waals surface area contributed by atoms with Crippen LogP contribution in [0.3, 0.4) is 0 Å². The van der Waals surface area contributed by atoms with Crippen LogP contribution in [0.1, 0.15) is 36.6 Å². The van der Waals surface area contributed by atoms with Crippen molar-refractivity contribution in [1.82, 2.24) is 4.72 Å². The van der Waals surface area contributed by atoms with Crippen LogP contribution in [0, 0.1) is 0 Å². The molecule has 1 N–H and O–H groups in total. The first kappa shape index (κ1) is 22.2. The van der Waals surface area contributed by atoms with E-state index in [0.717, 1.165) is 17.4 Å². The van der Waals surface area contributed by atoms with E-state index in [2.05, 4.69) is 0 Å². The molecule has 0 saturated heterocycles. The summed E-state index contributed by atoms with van der Waals surface area (Å²) < 4.78 is 29.5. The van der Waals surface area contributed by atoms with Crippen LogP contribution < -0.4 is 9.62 Å². The van der Waals surface area contributed by atoms with E-state index >= 15 is 0 Å². The summed E-state index contributed by atoms with van der Waals surface area (Å²) in [7, 11) is -2.48. The third-order valence-electron chi connectivity index (χ3n) is 5.26. The van der Waals surface area contributed by atoms with Crippen molar-refractivity contribution in [3.63, 3.8) is 0 Å². The number of benzene rings is 3. The molecule has 0 bridgehead atoms. The van der Waals surface area contributed by atoms with Gasteiger partial charge in [0.1, 0.15) is 0 Å². The molecule has 0 spiro atoms. The van der Waals surface area contributed by atoms with E-state index in [4.69, 9.17) is 4.74 Å². The Balaban J connectivity index is 1.74. The fourth-order valence-corrected chi connectivity index (χ4v) is 4.17. The summed E-state index contributed by atoms with van der Waals surface area (Å²) in [6.45, 7) is 0.185. The molecule has 0 radical (unpaired) electrons. The van der Waals surface area contributed by atoms with Crippen LogP contribution in [-0.2, 0) is 21.3 Å². The van der Waals surface area contributed by atoms with Gasteiger partial charge in [0.25, 0.3) is 11.8 Å². The second-order valence-electron chi connectivity index (χ2n) is 7.56. The number of nitrogens with zero attached hydrogens (tertiary/aromatic N) is 1. The fraction of sp³-hybridized carbons (Fsp3) is 0.125. The van der Waals surface area contributed by atoms with Crippen molar-refractivity contribution in [2.45, 2.75) is 6.54 Å². The van der Waals surface area contributed by atoms with Gasteiger partial charge in [-0.15, -0.1) is 0 Å². The maximum atomic E-state index is 13.3. The average molecular weight is 464 g/mol. The number of amides is 2. The highest BCUT2D eigenvalue weighted by Crippen LogP contribution is 2.34. The number of hydrogen-bond donors (Lipinski definition) is 1. The maximum absolute atomic E-state index is 13.3. The minimum atomic E-state index is -3.75. The summed E-state index contributed by atoms with van der Waals surface area (Å²) in [5, 5.41) is 0. The van der Waals surface area contributed by atoms with Crippen molar-refractivity contribution < 1.29 is 27.5 Å². The molecule has 1 heterocycles. The quantitative estimate of drug-likeness (QED) is 0.582. The van der Waals surface area contributed by atoms with Gasteiger partial charge in [0.15, 0.2) is 0 Å². The summed E-state index contributed by atoms with van der Waals surface area (Å²) in [6.07, 6.45) is 0.874. The Hall–Kier alpha value is -3.98. The molecule has 0 fully saturated rings. The van der Waals surface area contributed by atoms with Crippen LogP contribution in [0.5, 0.6) is 0 Å². The number of carbonyl (C=O) groups excluding carboxylic acids is 3. The third kappa shape index (κ3) is 4.49. The lowest BCUT2D eigenvalue weighted by Crippen LogP contribution is -2.29. The lowest BCUT2D eigenvalue weighted by atomic mass is 10.0. The van der Waals surface area contributed by atoms with Crippen LogP contribution in [0.15, 0.2) is 66.7 Å². The predicted molar refractivity (Wildman–Crippen MR) is 122 cm³/mol. The van der Waals surface area contributed by atoms with Gasteiger partial charge in [-0.1, -0.05) is 42.5 Å². The summed E-state index contributed by atoms with van der Waals surface area (Å²) in [6, 6.07) is 19.1. The van der Waals surface area contributed by atoms with Gasteiger partial charge >= 0.3 is 5.97 Å². The molecular weight excluding hydrogens is 444 g/mol. The van der Waals surface area contributed by atoms with Crippen molar-refractivity contribution in [2.75, 3.05) is 18.3 Å². The lowest BCUT2D eigenvalue weighted by molar-refractivity contribution is 0.0601. The molecule has 0 aromatic heterocycles. The van der Waals surface area contributed by atoms with Crippen LogP contribution >= 0.6 is 0 Å². The van der Waals surface area contributed by atoms with Crippen molar-refractivity contribution >= 4 is 33.5 Å². The Labute approximate surface area is 190 Å². The molecule has 4 rings (SSSR count). The Morgan fingerprint density at radius 2 is 1.70 bits per heavy atom. The fourth-order valence-electron chi connectivity index (χ4n) is 3.71. The van der Waals surface area contributed by atoms with Gasteiger partial charge in [-0.3, -0.25) is 9.59 Å². The van der Waals surface area contributed by atoms with Gasteiger partial charge in [-0.25, -0.2) is 17.9 Å². The number of esters is 1. The van der Waals surface area contributed by atoms with E-state index in [0.29, 0.717) is 11.3 Å². The van der Waals surface area contributed by atoms with E-state index in [1.807, 2.05) is 35.1 Å². The minimum Gasteiger partial charge on any atom is -0.465 e. The van der Waals surface area contributed by atoms with Crippen molar-refractivity contribution in [2.24, 2.45) is 0 Å². The van der Waals surface area contributed by atoms with Crippen molar-refractivity contribution in [3.05, 3.63) is 89.0 Å². The Kier molecular flexibility index (Phi) is 5.73. The lowest BCUT2D eigenvalue weighted by Gasteiger charge is -2.20. The summed E-state index contributed by atoms with van der Waals surface area (Å²) in [5.41, 5.74) is 3.30. The normalized spacial score (nSPS) is 12.9. The first-order valence-corrected chi connectivity index (χ1v) is 11.8. The van der Waals surface area contributed by atoms with E-state index in [1.165, 1.54) is 24.1 Å². The highest BCUT2D eigenvalue weighted by molar-refractivity contribution is 7.89. The van der Waals surface area contributed by atoms with Crippen molar-refractivity contribution in [1.29, 1.82) is 0 Å². The minimum absolute atomic E-state index is 0.0422. The number of nitrogens with one attached hydrogen (secondary N) is 1. The summed E-state index contributed by atoms with van der Waals surface area (Å²) in [4.78, 5) is 39.4. The smallest absolute Gasteiger partial charge is 0.339 e. The molecule has 2 amide bonds. The molecule has 1 aliphatic heterocycles. The SMILES string of the molecule is COC(=O)c1ccc(-c2ccccc2)cc1N1Cc2ccc(C(=O)NS(C)(=O)=O)cc2C1=O. The zero-order chi connectivity index (χ0) is 23.8. The summed E-state index contributed by atoms with van der Waals surface area (Å²) in [5.74, 6) is -1.82. The zero-order valence-electron chi connectivity index (χ0n) is 17.9. The molecule has 0 atom stereocenters. The highest BCUT2D eigenvalue weighted by atomic mass is 32.2. The molecule has 1 aliphatic rings. The molecule has 33 heavy (non-hydrogen) atoms. The Bertz CT molecular complexity index is 1380. The third-order valence-corrected chi connectivity index (χ3v) is 5.81. The average Bonchev–Trinajstić information content (AvgIpc) is 3.13. The molecule has 8 nitrogen and oxygen atoms in total. The largest absolute Gasteiger partial charge is 0.465 e. The van der Waals surface area contributed by atoms with Crippen LogP contribution in [0.2, 0.25) is 0 Å². The number of rotatable bonds is 5. The van der Waals surface area contributed by atoms with Gasteiger partial charge < -0.3 is 9.64 Å². The monoisotopic (exact) mass is 464 g/mol. The standard InChI is InChI=1S/C24H20N2O6S/c1-32-24(29)19-11-10-16(15-6-4-3-5-7-15)13-21(19)26-14-18-9-8-17(12-20(18)23(26)28)22(27)25-33(2,30)31/h3-13H,14H2,1-2H3,(H,25,27). The van der Waals surface area contributed by atoms with Gasteiger partial charge in [-0.2, -0.15) is 0 Å². The number of methoxy groups -OCH3 is 1. The topological polar surface area (TPSA) is 110 Å². The van der Waals surface area contributed by atoms with Crippen LogP contribution in [0.25, 0.3) is 11.1 Å².